The zero-order chi connectivity index (χ0) is 15.5. The molecule has 2 heterocycles. The summed E-state index contributed by atoms with van der Waals surface area (Å²) in [5.74, 6) is 0.721. The molecule has 1 fully saturated rings. The van der Waals surface area contributed by atoms with E-state index in [2.05, 4.69) is 11.6 Å². The molecule has 0 radical (unpaired) electrons. The quantitative estimate of drug-likeness (QED) is 0.763. The molecule has 1 aromatic heterocycles. The van der Waals surface area contributed by atoms with Crippen molar-refractivity contribution < 1.29 is 13.2 Å². The second kappa shape index (κ2) is 6.55. The van der Waals surface area contributed by atoms with Gasteiger partial charge in [0.05, 0.1) is 13.2 Å². The van der Waals surface area contributed by atoms with Crippen molar-refractivity contribution in [2.75, 3.05) is 44.8 Å². The van der Waals surface area contributed by atoms with Crippen LogP contribution < -0.4 is 4.90 Å². The number of likely N-dealkylation sites (N-methyl/N-ethyl adjacent to an activating group) is 1. The van der Waals surface area contributed by atoms with E-state index < -0.39 is 10.0 Å². The first-order chi connectivity index (χ1) is 9.91. The van der Waals surface area contributed by atoms with Crippen LogP contribution in [0.4, 0.5) is 5.82 Å². The molecule has 116 valence electrons. The molecular formula is C14H21N3O3S. The standard InChI is InChI=1S/C14H21N3O3S/c1-12(2)11-16(3)14-5-4-13(10-15-14)21(18,19)17-6-8-20-9-7-17/h4-5,10H,1,6-9,11H2,2-3H3. The fourth-order valence-electron chi connectivity index (χ4n) is 2.17. The van der Waals surface area contributed by atoms with E-state index >= 15 is 0 Å². The molecule has 21 heavy (non-hydrogen) atoms. The third-order valence-electron chi connectivity index (χ3n) is 3.23. The number of nitrogens with zero attached hydrogens (tertiary/aromatic N) is 3. The van der Waals surface area contributed by atoms with Gasteiger partial charge in [-0.2, -0.15) is 4.31 Å². The summed E-state index contributed by atoms with van der Waals surface area (Å²) in [4.78, 5) is 6.38. The van der Waals surface area contributed by atoms with Gasteiger partial charge >= 0.3 is 0 Å². The van der Waals surface area contributed by atoms with Crippen molar-refractivity contribution >= 4 is 15.8 Å². The molecule has 0 bridgehead atoms. The van der Waals surface area contributed by atoms with E-state index in [-0.39, 0.29) is 4.90 Å². The average Bonchev–Trinajstić information content (AvgIpc) is 2.47. The number of sulfonamides is 1. The smallest absolute Gasteiger partial charge is 0.244 e. The van der Waals surface area contributed by atoms with Crippen LogP contribution in [0.5, 0.6) is 0 Å². The van der Waals surface area contributed by atoms with E-state index in [9.17, 15) is 8.42 Å². The van der Waals surface area contributed by atoms with Crippen LogP contribution in [0.2, 0.25) is 0 Å². The lowest BCUT2D eigenvalue weighted by Crippen LogP contribution is -2.40. The molecule has 7 heteroatoms. The molecule has 1 aliphatic rings. The molecule has 0 N–H and O–H groups in total. The lowest BCUT2D eigenvalue weighted by Gasteiger charge is -2.26. The van der Waals surface area contributed by atoms with Gasteiger partial charge in [-0.1, -0.05) is 12.2 Å². The Labute approximate surface area is 126 Å². The van der Waals surface area contributed by atoms with Crippen LogP contribution in [0.1, 0.15) is 6.92 Å². The number of pyridine rings is 1. The minimum absolute atomic E-state index is 0.219. The van der Waals surface area contributed by atoms with E-state index in [1.54, 1.807) is 12.1 Å². The number of ether oxygens (including phenoxy) is 1. The number of hydrogen-bond acceptors (Lipinski definition) is 5. The summed E-state index contributed by atoms with van der Waals surface area (Å²) in [6, 6.07) is 3.32. The predicted molar refractivity (Wildman–Crippen MR) is 81.9 cm³/mol. The highest BCUT2D eigenvalue weighted by Crippen LogP contribution is 2.18. The van der Waals surface area contributed by atoms with Crippen molar-refractivity contribution in [2.45, 2.75) is 11.8 Å². The molecule has 0 aliphatic carbocycles. The van der Waals surface area contributed by atoms with E-state index in [0.717, 1.165) is 11.4 Å². The molecule has 1 aliphatic heterocycles. The van der Waals surface area contributed by atoms with Gasteiger partial charge in [0.2, 0.25) is 10.0 Å². The zero-order valence-electron chi connectivity index (χ0n) is 12.4. The number of anilines is 1. The van der Waals surface area contributed by atoms with Gasteiger partial charge in [0.15, 0.2) is 0 Å². The Morgan fingerprint density at radius 1 is 1.43 bits per heavy atom. The molecule has 0 spiro atoms. The Morgan fingerprint density at radius 2 is 2.10 bits per heavy atom. The maximum atomic E-state index is 12.4. The SMILES string of the molecule is C=C(C)CN(C)c1ccc(S(=O)(=O)N2CCOCC2)cn1. The molecule has 0 unspecified atom stereocenters. The average molecular weight is 311 g/mol. The molecular weight excluding hydrogens is 290 g/mol. The highest BCUT2D eigenvalue weighted by atomic mass is 32.2. The molecule has 0 atom stereocenters. The van der Waals surface area contributed by atoms with Crippen LogP contribution in [0.25, 0.3) is 0 Å². The van der Waals surface area contributed by atoms with Gasteiger partial charge in [-0.3, -0.25) is 0 Å². The maximum Gasteiger partial charge on any atom is 0.244 e. The number of aromatic nitrogens is 1. The fourth-order valence-corrected chi connectivity index (χ4v) is 3.53. The largest absolute Gasteiger partial charge is 0.379 e. The van der Waals surface area contributed by atoms with E-state index in [1.807, 2.05) is 18.9 Å². The molecule has 2 rings (SSSR count). The van der Waals surface area contributed by atoms with E-state index in [1.165, 1.54) is 10.5 Å². The van der Waals surface area contributed by atoms with Gasteiger partial charge in [-0.25, -0.2) is 13.4 Å². The monoisotopic (exact) mass is 311 g/mol. The summed E-state index contributed by atoms with van der Waals surface area (Å²) in [6.07, 6.45) is 1.41. The van der Waals surface area contributed by atoms with Gasteiger partial charge in [0.25, 0.3) is 0 Å². The third kappa shape index (κ3) is 3.81. The lowest BCUT2D eigenvalue weighted by atomic mass is 10.3. The first kappa shape index (κ1) is 15.9. The molecule has 0 saturated carbocycles. The highest BCUT2D eigenvalue weighted by Gasteiger charge is 2.26. The van der Waals surface area contributed by atoms with Gasteiger partial charge in [0.1, 0.15) is 10.7 Å². The summed E-state index contributed by atoms with van der Waals surface area (Å²) in [7, 11) is -1.58. The van der Waals surface area contributed by atoms with Crippen LogP contribution in [0, 0.1) is 0 Å². The fraction of sp³-hybridized carbons (Fsp3) is 0.500. The minimum Gasteiger partial charge on any atom is -0.379 e. The van der Waals surface area contributed by atoms with Crippen LogP contribution in [0.3, 0.4) is 0 Å². The van der Waals surface area contributed by atoms with E-state index in [4.69, 9.17) is 4.74 Å². The van der Waals surface area contributed by atoms with Crippen molar-refractivity contribution in [2.24, 2.45) is 0 Å². The zero-order valence-corrected chi connectivity index (χ0v) is 13.3. The van der Waals surface area contributed by atoms with Gasteiger partial charge in [0, 0.05) is 32.9 Å². The number of hydrogen-bond donors (Lipinski definition) is 0. The molecule has 0 aromatic carbocycles. The summed E-state index contributed by atoms with van der Waals surface area (Å²) in [6.45, 7) is 8.13. The van der Waals surface area contributed by atoms with Gasteiger partial charge < -0.3 is 9.64 Å². The number of morpholine rings is 1. The summed E-state index contributed by atoms with van der Waals surface area (Å²) >= 11 is 0. The van der Waals surface area contributed by atoms with Crippen LogP contribution >= 0.6 is 0 Å². The molecule has 1 saturated heterocycles. The van der Waals surface area contributed by atoms with Crippen molar-refractivity contribution in [3.63, 3.8) is 0 Å². The van der Waals surface area contributed by atoms with Crippen LogP contribution in [-0.4, -0.2) is 57.6 Å². The Morgan fingerprint density at radius 3 is 2.62 bits per heavy atom. The highest BCUT2D eigenvalue weighted by molar-refractivity contribution is 7.89. The van der Waals surface area contributed by atoms with Crippen molar-refractivity contribution in [1.29, 1.82) is 0 Å². The third-order valence-corrected chi connectivity index (χ3v) is 5.11. The molecule has 1 aromatic rings. The van der Waals surface area contributed by atoms with Crippen LogP contribution in [0.15, 0.2) is 35.4 Å². The topological polar surface area (TPSA) is 62.7 Å². The van der Waals surface area contributed by atoms with Gasteiger partial charge in [-0.15, -0.1) is 0 Å². The van der Waals surface area contributed by atoms with Gasteiger partial charge in [-0.05, 0) is 19.1 Å². The van der Waals surface area contributed by atoms with Crippen molar-refractivity contribution in [3.05, 3.63) is 30.5 Å². The molecule has 0 amide bonds. The second-order valence-corrected chi connectivity index (χ2v) is 7.12. The Hall–Kier alpha value is -1.44. The van der Waals surface area contributed by atoms with E-state index in [0.29, 0.717) is 32.8 Å². The van der Waals surface area contributed by atoms with Crippen molar-refractivity contribution in [3.8, 4) is 0 Å². The lowest BCUT2D eigenvalue weighted by molar-refractivity contribution is 0.0730. The van der Waals surface area contributed by atoms with Crippen LogP contribution in [-0.2, 0) is 14.8 Å². The van der Waals surface area contributed by atoms with Crippen molar-refractivity contribution in [1.82, 2.24) is 9.29 Å². The first-order valence-electron chi connectivity index (χ1n) is 6.81. The predicted octanol–water partition coefficient (Wildman–Crippen LogP) is 1.11. The second-order valence-electron chi connectivity index (χ2n) is 5.18. The normalized spacial score (nSPS) is 16.7. The Kier molecular flexibility index (Phi) is 4.97. The minimum atomic E-state index is -3.47. The molecule has 6 nitrogen and oxygen atoms in total. The summed E-state index contributed by atoms with van der Waals surface area (Å²) < 4.78 is 31.5. The maximum absolute atomic E-state index is 12.4. The number of rotatable bonds is 5. The first-order valence-corrected chi connectivity index (χ1v) is 8.25. The Balaban J connectivity index is 2.16. The summed E-state index contributed by atoms with van der Waals surface area (Å²) in [5, 5.41) is 0. The summed E-state index contributed by atoms with van der Waals surface area (Å²) in [5.41, 5.74) is 1.02. The Bertz CT molecular complexity index is 592.